The number of hydrogen-bond donors (Lipinski definition) is 1. The maximum absolute atomic E-state index is 12.0. The second kappa shape index (κ2) is 5.22. The minimum absolute atomic E-state index is 0.206. The van der Waals surface area contributed by atoms with Crippen LogP contribution in [0.25, 0.3) is 0 Å². The van der Waals surface area contributed by atoms with Crippen LogP contribution in [-0.2, 0) is 6.54 Å². The van der Waals surface area contributed by atoms with E-state index in [-0.39, 0.29) is 5.75 Å². The Labute approximate surface area is 106 Å². The van der Waals surface area contributed by atoms with E-state index in [0.29, 0.717) is 5.41 Å². The smallest absolute Gasteiger partial charge is 0.387 e. The summed E-state index contributed by atoms with van der Waals surface area (Å²) < 4.78 is 28.2. The average molecular weight is 255 g/mol. The van der Waals surface area contributed by atoms with Gasteiger partial charge in [-0.2, -0.15) is 8.78 Å². The van der Waals surface area contributed by atoms with E-state index in [2.05, 4.69) is 23.9 Å². The largest absolute Gasteiger partial charge is 0.435 e. The van der Waals surface area contributed by atoms with E-state index in [1.807, 2.05) is 12.1 Å². The average Bonchev–Trinajstić information content (AvgIpc) is 2.88. The van der Waals surface area contributed by atoms with Crippen LogP contribution in [0.1, 0.15) is 25.8 Å². The van der Waals surface area contributed by atoms with Crippen LogP contribution in [0, 0.1) is 11.3 Å². The van der Waals surface area contributed by atoms with Gasteiger partial charge in [0.05, 0.1) is 0 Å². The highest BCUT2D eigenvalue weighted by atomic mass is 19.3. The molecule has 100 valence electrons. The van der Waals surface area contributed by atoms with E-state index < -0.39 is 6.61 Å². The monoisotopic (exact) mass is 255 g/mol. The maximum Gasteiger partial charge on any atom is 0.387 e. The molecule has 2 nitrogen and oxygen atoms in total. The fourth-order valence-electron chi connectivity index (χ4n) is 2.10. The molecule has 2 rings (SSSR count). The Morgan fingerprint density at radius 2 is 1.94 bits per heavy atom. The first kappa shape index (κ1) is 13.3. The third kappa shape index (κ3) is 3.67. The summed E-state index contributed by atoms with van der Waals surface area (Å²) in [5.41, 5.74) is 1.57. The van der Waals surface area contributed by atoms with Crippen LogP contribution < -0.4 is 10.1 Å². The van der Waals surface area contributed by atoms with Crippen LogP contribution in [0.2, 0.25) is 0 Å². The van der Waals surface area contributed by atoms with Crippen molar-refractivity contribution < 1.29 is 13.5 Å². The first-order valence-electron chi connectivity index (χ1n) is 6.22. The molecule has 1 aromatic rings. The summed E-state index contributed by atoms with van der Waals surface area (Å²) in [5.74, 6) is 0.969. The molecule has 1 aliphatic rings. The summed E-state index contributed by atoms with van der Waals surface area (Å²) in [5, 5.41) is 3.39. The van der Waals surface area contributed by atoms with Gasteiger partial charge < -0.3 is 10.1 Å². The molecule has 1 unspecified atom stereocenters. The van der Waals surface area contributed by atoms with Gasteiger partial charge in [-0.15, -0.1) is 0 Å². The van der Waals surface area contributed by atoms with Crippen molar-refractivity contribution in [3.63, 3.8) is 0 Å². The Kier molecular flexibility index (Phi) is 3.85. The zero-order valence-electron chi connectivity index (χ0n) is 10.7. The van der Waals surface area contributed by atoms with Crippen molar-refractivity contribution in [3.8, 4) is 5.75 Å². The van der Waals surface area contributed by atoms with Crippen LogP contribution in [0.15, 0.2) is 24.3 Å². The zero-order valence-corrected chi connectivity index (χ0v) is 10.7. The number of benzene rings is 1. The van der Waals surface area contributed by atoms with Crippen molar-refractivity contribution in [1.29, 1.82) is 0 Å². The molecule has 4 heteroatoms. The third-order valence-electron chi connectivity index (χ3n) is 3.59. The predicted molar refractivity (Wildman–Crippen MR) is 66.7 cm³/mol. The second-order valence-electron chi connectivity index (χ2n) is 5.54. The summed E-state index contributed by atoms with van der Waals surface area (Å²) in [4.78, 5) is 0. The van der Waals surface area contributed by atoms with Crippen LogP contribution in [0.5, 0.6) is 5.75 Å². The van der Waals surface area contributed by atoms with Gasteiger partial charge in [0.1, 0.15) is 5.75 Å². The molecule has 1 N–H and O–H groups in total. The molecule has 0 aliphatic heterocycles. The fraction of sp³-hybridized carbons (Fsp3) is 0.571. The van der Waals surface area contributed by atoms with Gasteiger partial charge in [0.15, 0.2) is 0 Å². The van der Waals surface area contributed by atoms with E-state index in [4.69, 9.17) is 0 Å². The lowest BCUT2D eigenvalue weighted by molar-refractivity contribution is -0.0498. The Balaban J connectivity index is 1.73. The molecular weight excluding hydrogens is 236 g/mol. The van der Waals surface area contributed by atoms with Crippen LogP contribution in [-0.4, -0.2) is 13.2 Å². The molecule has 1 saturated carbocycles. The van der Waals surface area contributed by atoms with Crippen molar-refractivity contribution in [2.24, 2.45) is 11.3 Å². The van der Waals surface area contributed by atoms with E-state index >= 15 is 0 Å². The number of nitrogens with one attached hydrogen (secondary N) is 1. The highest BCUT2D eigenvalue weighted by Crippen LogP contribution is 2.50. The Morgan fingerprint density at radius 3 is 2.44 bits per heavy atom. The normalized spacial score (nSPS) is 21.1. The SMILES string of the molecule is CC1(C)CC1CNCc1ccc(OC(F)F)cc1. The van der Waals surface area contributed by atoms with Gasteiger partial charge in [0.25, 0.3) is 0 Å². The van der Waals surface area contributed by atoms with Gasteiger partial charge in [0, 0.05) is 6.54 Å². The summed E-state index contributed by atoms with van der Waals surface area (Å²) in [7, 11) is 0. The Hall–Kier alpha value is -1.16. The second-order valence-corrected chi connectivity index (χ2v) is 5.54. The molecule has 0 saturated heterocycles. The molecule has 1 aliphatic carbocycles. The van der Waals surface area contributed by atoms with Crippen LogP contribution in [0.3, 0.4) is 0 Å². The van der Waals surface area contributed by atoms with Crippen molar-refractivity contribution >= 4 is 0 Å². The number of halogens is 2. The number of rotatable bonds is 6. The van der Waals surface area contributed by atoms with Gasteiger partial charge in [-0.1, -0.05) is 26.0 Å². The molecule has 0 radical (unpaired) electrons. The van der Waals surface area contributed by atoms with Crippen LogP contribution >= 0.6 is 0 Å². The lowest BCUT2D eigenvalue weighted by atomic mass is 10.1. The first-order valence-corrected chi connectivity index (χ1v) is 6.22. The molecule has 1 fully saturated rings. The molecule has 0 amide bonds. The van der Waals surface area contributed by atoms with Gasteiger partial charge in [-0.25, -0.2) is 0 Å². The summed E-state index contributed by atoms with van der Waals surface area (Å²) in [6.07, 6.45) is 1.28. The van der Waals surface area contributed by atoms with E-state index in [1.165, 1.54) is 6.42 Å². The highest BCUT2D eigenvalue weighted by Gasteiger charge is 2.44. The molecule has 1 atom stereocenters. The number of alkyl halides is 2. The zero-order chi connectivity index (χ0) is 13.2. The topological polar surface area (TPSA) is 21.3 Å². The molecule has 0 bridgehead atoms. The van der Waals surface area contributed by atoms with Crippen molar-refractivity contribution in [3.05, 3.63) is 29.8 Å². The highest BCUT2D eigenvalue weighted by molar-refractivity contribution is 5.27. The third-order valence-corrected chi connectivity index (χ3v) is 3.59. The van der Waals surface area contributed by atoms with E-state index in [0.717, 1.165) is 24.6 Å². The summed E-state index contributed by atoms with van der Waals surface area (Å²) in [6, 6.07) is 6.76. The number of ether oxygens (including phenoxy) is 1. The van der Waals surface area contributed by atoms with Crippen molar-refractivity contribution in [1.82, 2.24) is 5.32 Å². The van der Waals surface area contributed by atoms with Gasteiger partial charge in [-0.3, -0.25) is 0 Å². The van der Waals surface area contributed by atoms with Crippen molar-refractivity contribution in [2.75, 3.05) is 6.54 Å². The van der Waals surface area contributed by atoms with Crippen LogP contribution in [0.4, 0.5) is 8.78 Å². The van der Waals surface area contributed by atoms with Gasteiger partial charge >= 0.3 is 6.61 Å². The van der Waals surface area contributed by atoms with E-state index in [1.54, 1.807) is 12.1 Å². The number of hydrogen-bond acceptors (Lipinski definition) is 2. The fourth-order valence-corrected chi connectivity index (χ4v) is 2.10. The van der Waals surface area contributed by atoms with Gasteiger partial charge in [0.2, 0.25) is 0 Å². The Morgan fingerprint density at radius 1 is 1.33 bits per heavy atom. The molecular formula is C14H19F2NO. The summed E-state index contributed by atoms with van der Waals surface area (Å²) in [6.45, 7) is 3.57. The first-order chi connectivity index (χ1) is 8.47. The predicted octanol–water partition coefficient (Wildman–Crippen LogP) is 3.42. The molecule has 0 aromatic heterocycles. The lowest BCUT2D eigenvalue weighted by Gasteiger charge is -2.08. The maximum atomic E-state index is 12.0. The Bertz CT molecular complexity index is 389. The van der Waals surface area contributed by atoms with E-state index in [9.17, 15) is 8.78 Å². The minimum atomic E-state index is -2.76. The molecule has 1 aromatic carbocycles. The lowest BCUT2D eigenvalue weighted by Crippen LogP contribution is -2.18. The summed E-state index contributed by atoms with van der Waals surface area (Å²) >= 11 is 0. The molecule has 0 heterocycles. The van der Waals surface area contributed by atoms with Gasteiger partial charge in [-0.05, 0) is 42.0 Å². The minimum Gasteiger partial charge on any atom is -0.435 e. The quantitative estimate of drug-likeness (QED) is 0.841. The standard InChI is InChI=1S/C14H19F2NO/c1-14(2)7-11(14)9-17-8-10-3-5-12(6-4-10)18-13(15)16/h3-6,11,13,17H,7-9H2,1-2H3. The van der Waals surface area contributed by atoms with Crippen molar-refractivity contribution in [2.45, 2.75) is 33.4 Å². The molecule has 0 spiro atoms. The molecule has 18 heavy (non-hydrogen) atoms.